The molecule has 6 heteroatoms. The molecule has 0 saturated heterocycles. The Labute approximate surface area is 137 Å². The van der Waals surface area contributed by atoms with Gasteiger partial charge in [0.1, 0.15) is 5.75 Å². The van der Waals surface area contributed by atoms with Gasteiger partial charge in [0, 0.05) is 5.56 Å². The molecule has 3 aromatic rings. The van der Waals surface area contributed by atoms with Crippen LogP contribution in [0.5, 0.6) is 5.75 Å². The molecule has 1 heterocycles. The van der Waals surface area contributed by atoms with Crippen LogP contribution in [-0.2, 0) is 0 Å². The van der Waals surface area contributed by atoms with E-state index in [2.05, 4.69) is 9.97 Å². The predicted octanol–water partition coefficient (Wildman–Crippen LogP) is 2.82. The van der Waals surface area contributed by atoms with Crippen LogP contribution >= 0.6 is 0 Å². The molecule has 0 bridgehead atoms. The quantitative estimate of drug-likeness (QED) is 0.688. The van der Waals surface area contributed by atoms with Crippen molar-refractivity contribution in [3.05, 3.63) is 70.1 Å². The highest BCUT2D eigenvalue weighted by atomic mass is 16.4. The summed E-state index contributed by atoms with van der Waals surface area (Å²) < 4.78 is 0. The van der Waals surface area contributed by atoms with E-state index in [9.17, 15) is 14.7 Å². The second-order valence-electron chi connectivity index (χ2n) is 5.37. The normalized spacial score (nSPS) is 10.5. The fourth-order valence-corrected chi connectivity index (χ4v) is 2.37. The third-order valence-electron chi connectivity index (χ3n) is 3.68. The van der Waals surface area contributed by atoms with Crippen LogP contribution in [0, 0.1) is 6.92 Å². The van der Waals surface area contributed by atoms with E-state index in [-0.39, 0.29) is 11.3 Å². The third kappa shape index (κ3) is 3.03. The Hall–Kier alpha value is -3.41. The zero-order valence-corrected chi connectivity index (χ0v) is 12.8. The van der Waals surface area contributed by atoms with E-state index in [0.717, 1.165) is 0 Å². The number of aromatic nitrogens is 2. The molecule has 0 aliphatic carbocycles. The standard InChI is InChI=1S/C18H14N2O4/c1-10-8-13(6-7-16(10)21)15-9-14(19-18(24)20-15)11-2-4-12(5-3-11)17(22)23/h2-9,21H,1H3,(H,22,23)(H,19,20,24). The number of carboxylic acid groups (broad SMARTS) is 1. The van der Waals surface area contributed by atoms with E-state index < -0.39 is 11.7 Å². The maximum absolute atomic E-state index is 11.9. The van der Waals surface area contributed by atoms with Gasteiger partial charge in [0.25, 0.3) is 0 Å². The van der Waals surface area contributed by atoms with Crippen LogP contribution in [0.15, 0.2) is 53.3 Å². The molecule has 1 aromatic heterocycles. The van der Waals surface area contributed by atoms with Gasteiger partial charge in [-0.05, 0) is 54.4 Å². The Morgan fingerprint density at radius 1 is 1.04 bits per heavy atom. The molecule has 0 aliphatic heterocycles. The molecule has 0 aliphatic rings. The summed E-state index contributed by atoms with van der Waals surface area (Å²) in [5.74, 6) is -0.835. The minimum Gasteiger partial charge on any atom is -0.508 e. The van der Waals surface area contributed by atoms with E-state index in [1.807, 2.05) is 0 Å². The number of aryl methyl sites for hydroxylation is 1. The van der Waals surface area contributed by atoms with Gasteiger partial charge < -0.3 is 15.2 Å². The topological polar surface area (TPSA) is 103 Å². The van der Waals surface area contributed by atoms with E-state index in [1.54, 1.807) is 43.3 Å². The van der Waals surface area contributed by atoms with Crippen molar-refractivity contribution < 1.29 is 15.0 Å². The number of hydrogen-bond donors (Lipinski definition) is 3. The Bertz CT molecular complexity index is 975. The predicted molar refractivity (Wildman–Crippen MR) is 89.1 cm³/mol. The van der Waals surface area contributed by atoms with Crippen molar-refractivity contribution in [1.82, 2.24) is 9.97 Å². The number of rotatable bonds is 3. The van der Waals surface area contributed by atoms with Gasteiger partial charge in [-0.15, -0.1) is 0 Å². The smallest absolute Gasteiger partial charge is 0.345 e. The summed E-state index contributed by atoms with van der Waals surface area (Å²) >= 11 is 0. The zero-order chi connectivity index (χ0) is 17.3. The van der Waals surface area contributed by atoms with Gasteiger partial charge in [0.15, 0.2) is 0 Å². The highest BCUT2D eigenvalue weighted by Crippen LogP contribution is 2.26. The van der Waals surface area contributed by atoms with Gasteiger partial charge in [-0.1, -0.05) is 12.1 Å². The summed E-state index contributed by atoms with van der Waals surface area (Å²) in [5.41, 5.74) is 2.74. The van der Waals surface area contributed by atoms with Crippen LogP contribution in [-0.4, -0.2) is 26.2 Å². The fourth-order valence-electron chi connectivity index (χ4n) is 2.37. The number of nitrogens with one attached hydrogen (secondary N) is 1. The molecule has 0 amide bonds. The van der Waals surface area contributed by atoms with Crippen LogP contribution < -0.4 is 5.69 Å². The van der Waals surface area contributed by atoms with Gasteiger partial charge in [0.05, 0.1) is 17.0 Å². The first-order valence-electron chi connectivity index (χ1n) is 7.19. The van der Waals surface area contributed by atoms with Gasteiger partial charge in [-0.25, -0.2) is 9.59 Å². The molecule has 0 atom stereocenters. The molecule has 3 N–H and O–H groups in total. The van der Waals surface area contributed by atoms with Gasteiger partial charge in [-0.3, -0.25) is 0 Å². The van der Waals surface area contributed by atoms with Crippen molar-refractivity contribution in [3.8, 4) is 28.3 Å². The van der Waals surface area contributed by atoms with Crippen molar-refractivity contribution in [3.63, 3.8) is 0 Å². The third-order valence-corrected chi connectivity index (χ3v) is 3.68. The highest BCUT2D eigenvalue weighted by Gasteiger charge is 2.08. The summed E-state index contributed by atoms with van der Waals surface area (Å²) in [6, 6.07) is 12.9. The first-order chi connectivity index (χ1) is 11.4. The van der Waals surface area contributed by atoms with Crippen LogP contribution in [0.1, 0.15) is 15.9 Å². The largest absolute Gasteiger partial charge is 0.508 e. The molecular weight excluding hydrogens is 308 g/mol. The molecule has 0 saturated carbocycles. The van der Waals surface area contributed by atoms with E-state index >= 15 is 0 Å². The first-order valence-corrected chi connectivity index (χ1v) is 7.19. The second kappa shape index (κ2) is 6.00. The number of phenolic OH excluding ortho intramolecular Hbond substituents is 1. The van der Waals surface area contributed by atoms with E-state index in [0.29, 0.717) is 28.1 Å². The number of hydrogen-bond acceptors (Lipinski definition) is 4. The molecule has 0 fully saturated rings. The van der Waals surface area contributed by atoms with Crippen molar-refractivity contribution in [2.75, 3.05) is 0 Å². The first kappa shape index (κ1) is 15.5. The minimum absolute atomic E-state index is 0.171. The summed E-state index contributed by atoms with van der Waals surface area (Å²) in [5, 5.41) is 18.6. The molecule has 0 spiro atoms. The number of H-pyrrole nitrogens is 1. The second-order valence-corrected chi connectivity index (χ2v) is 5.37. The Balaban J connectivity index is 2.07. The van der Waals surface area contributed by atoms with Gasteiger partial charge >= 0.3 is 11.7 Å². The monoisotopic (exact) mass is 322 g/mol. The number of aromatic carboxylic acids is 1. The van der Waals surface area contributed by atoms with Crippen LogP contribution in [0.3, 0.4) is 0 Å². The van der Waals surface area contributed by atoms with Crippen molar-refractivity contribution in [2.24, 2.45) is 0 Å². The molecular formula is C18H14N2O4. The minimum atomic E-state index is -1.01. The molecule has 2 aromatic carbocycles. The van der Waals surface area contributed by atoms with E-state index in [4.69, 9.17) is 5.11 Å². The number of nitrogens with zero attached hydrogens (tertiary/aromatic N) is 1. The number of aromatic amines is 1. The summed E-state index contributed by atoms with van der Waals surface area (Å²) in [7, 11) is 0. The maximum Gasteiger partial charge on any atom is 0.345 e. The molecule has 0 radical (unpaired) electrons. The Morgan fingerprint density at radius 3 is 2.33 bits per heavy atom. The average molecular weight is 322 g/mol. The SMILES string of the molecule is Cc1cc(-c2cc(-c3ccc(C(=O)O)cc3)[nH]c(=O)n2)ccc1O. The lowest BCUT2D eigenvalue weighted by atomic mass is 10.0. The van der Waals surface area contributed by atoms with Crippen LogP contribution in [0.4, 0.5) is 0 Å². The lowest BCUT2D eigenvalue weighted by Crippen LogP contribution is -2.12. The highest BCUT2D eigenvalue weighted by molar-refractivity contribution is 5.88. The molecule has 3 rings (SSSR count). The number of phenols is 1. The Morgan fingerprint density at radius 2 is 1.71 bits per heavy atom. The molecule has 120 valence electrons. The summed E-state index contributed by atoms with van der Waals surface area (Å²) in [6.45, 7) is 1.76. The van der Waals surface area contributed by atoms with Crippen molar-refractivity contribution in [2.45, 2.75) is 6.92 Å². The van der Waals surface area contributed by atoms with Crippen molar-refractivity contribution in [1.29, 1.82) is 0 Å². The average Bonchev–Trinajstić information content (AvgIpc) is 2.57. The van der Waals surface area contributed by atoms with Crippen LogP contribution in [0.25, 0.3) is 22.5 Å². The molecule has 0 unspecified atom stereocenters. The molecule has 24 heavy (non-hydrogen) atoms. The number of benzene rings is 2. The number of carboxylic acids is 1. The van der Waals surface area contributed by atoms with Crippen molar-refractivity contribution >= 4 is 5.97 Å². The number of aromatic hydroxyl groups is 1. The Kier molecular flexibility index (Phi) is 3.87. The lowest BCUT2D eigenvalue weighted by Gasteiger charge is -2.07. The van der Waals surface area contributed by atoms with E-state index in [1.165, 1.54) is 12.1 Å². The lowest BCUT2D eigenvalue weighted by molar-refractivity contribution is 0.0697. The van der Waals surface area contributed by atoms with Gasteiger partial charge in [-0.2, -0.15) is 4.98 Å². The maximum atomic E-state index is 11.9. The summed E-state index contributed by atoms with van der Waals surface area (Å²) in [6.07, 6.45) is 0. The zero-order valence-electron chi connectivity index (χ0n) is 12.8. The fraction of sp³-hybridized carbons (Fsp3) is 0.0556. The summed E-state index contributed by atoms with van der Waals surface area (Å²) in [4.78, 5) is 29.4. The van der Waals surface area contributed by atoms with Gasteiger partial charge in [0.2, 0.25) is 0 Å². The van der Waals surface area contributed by atoms with Crippen LogP contribution in [0.2, 0.25) is 0 Å². The number of carbonyl (C=O) groups is 1. The molecule has 6 nitrogen and oxygen atoms in total.